The number of aryl methyl sites for hydroxylation is 1. The lowest BCUT2D eigenvalue weighted by Crippen LogP contribution is -2.24. The van der Waals surface area contributed by atoms with E-state index < -0.39 is 0 Å². The summed E-state index contributed by atoms with van der Waals surface area (Å²) in [5.41, 5.74) is 6.25. The number of anilines is 2. The van der Waals surface area contributed by atoms with Gasteiger partial charge in [-0.3, -0.25) is 0 Å². The number of nitrogens with one attached hydrogen (secondary N) is 2. The second-order valence-electron chi connectivity index (χ2n) is 6.63. The molecule has 5 rings (SSSR count). The molecule has 0 saturated heterocycles. The third-order valence-corrected chi connectivity index (χ3v) is 5.11. The Balaban J connectivity index is 1.50. The van der Waals surface area contributed by atoms with Gasteiger partial charge in [-0.15, -0.1) is 0 Å². The summed E-state index contributed by atoms with van der Waals surface area (Å²) in [6.07, 6.45) is 1.09. The summed E-state index contributed by atoms with van der Waals surface area (Å²) in [4.78, 5) is 0. The van der Waals surface area contributed by atoms with Crippen LogP contribution in [0.5, 0.6) is 11.5 Å². The standard InChI is InChI=1S/C20H21N3O2/c1-23-17-6-7-21-12-16(17)15-4-2-13(10-18(15)23)22-14-3-5-19-20(11-14)25-9-8-24-19/h2-5,10-11,21-22H,6-9,12H2,1H3. The Labute approximate surface area is 146 Å². The molecule has 0 bridgehead atoms. The fourth-order valence-corrected chi connectivity index (χ4v) is 3.87. The van der Waals surface area contributed by atoms with Crippen LogP contribution < -0.4 is 20.1 Å². The van der Waals surface area contributed by atoms with Crippen LogP contribution >= 0.6 is 0 Å². The van der Waals surface area contributed by atoms with Crippen LogP contribution in [0.25, 0.3) is 10.9 Å². The zero-order valence-electron chi connectivity index (χ0n) is 14.3. The minimum Gasteiger partial charge on any atom is -0.486 e. The van der Waals surface area contributed by atoms with Crippen molar-refractivity contribution in [2.24, 2.45) is 7.05 Å². The Morgan fingerprint density at radius 2 is 1.80 bits per heavy atom. The van der Waals surface area contributed by atoms with Gasteiger partial charge in [-0.2, -0.15) is 0 Å². The number of hydrogen-bond acceptors (Lipinski definition) is 4. The van der Waals surface area contributed by atoms with E-state index in [1.807, 2.05) is 18.2 Å². The summed E-state index contributed by atoms with van der Waals surface area (Å²) in [6.45, 7) is 3.23. The molecule has 2 aromatic carbocycles. The van der Waals surface area contributed by atoms with Gasteiger partial charge in [0.15, 0.2) is 11.5 Å². The fourth-order valence-electron chi connectivity index (χ4n) is 3.87. The van der Waals surface area contributed by atoms with Gasteiger partial charge in [-0.05, 0) is 29.8 Å². The SMILES string of the molecule is Cn1c2c(c3ccc(Nc4ccc5c(c4)OCCO5)cc31)CNCC2. The molecular weight excluding hydrogens is 314 g/mol. The largest absolute Gasteiger partial charge is 0.486 e. The van der Waals surface area contributed by atoms with Crippen molar-refractivity contribution in [2.75, 3.05) is 25.1 Å². The smallest absolute Gasteiger partial charge is 0.163 e. The average molecular weight is 335 g/mol. The average Bonchev–Trinajstić information content (AvgIpc) is 2.94. The Morgan fingerprint density at radius 1 is 1.00 bits per heavy atom. The molecule has 5 nitrogen and oxygen atoms in total. The van der Waals surface area contributed by atoms with E-state index in [0.717, 1.165) is 42.4 Å². The van der Waals surface area contributed by atoms with Gasteiger partial charge < -0.3 is 24.7 Å². The monoisotopic (exact) mass is 335 g/mol. The van der Waals surface area contributed by atoms with E-state index in [1.165, 1.54) is 22.2 Å². The third-order valence-electron chi connectivity index (χ3n) is 5.11. The van der Waals surface area contributed by atoms with Crippen LogP contribution in [-0.2, 0) is 20.0 Å². The highest BCUT2D eigenvalue weighted by Gasteiger charge is 2.18. The van der Waals surface area contributed by atoms with Crippen LogP contribution in [0.1, 0.15) is 11.3 Å². The van der Waals surface area contributed by atoms with Gasteiger partial charge in [0.1, 0.15) is 13.2 Å². The first-order valence-electron chi connectivity index (χ1n) is 8.77. The van der Waals surface area contributed by atoms with Crippen LogP contribution in [0.3, 0.4) is 0 Å². The van der Waals surface area contributed by atoms with Crippen LogP contribution in [0, 0.1) is 0 Å². The molecule has 25 heavy (non-hydrogen) atoms. The minimum atomic E-state index is 0.603. The highest BCUT2D eigenvalue weighted by molar-refractivity contribution is 5.89. The third kappa shape index (κ3) is 2.43. The molecule has 0 spiro atoms. The Bertz CT molecular complexity index is 961. The zero-order valence-corrected chi connectivity index (χ0v) is 14.3. The van der Waals surface area contributed by atoms with E-state index in [-0.39, 0.29) is 0 Å². The predicted octanol–water partition coefficient (Wildman–Crippen LogP) is 3.34. The number of ether oxygens (including phenoxy) is 2. The maximum atomic E-state index is 5.67. The molecule has 0 aliphatic carbocycles. The van der Waals surface area contributed by atoms with E-state index >= 15 is 0 Å². The number of nitrogens with zero attached hydrogens (tertiary/aromatic N) is 1. The maximum Gasteiger partial charge on any atom is 0.163 e. The van der Waals surface area contributed by atoms with E-state index in [4.69, 9.17) is 9.47 Å². The van der Waals surface area contributed by atoms with Crippen molar-refractivity contribution >= 4 is 22.3 Å². The van der Waals surface area contributed by atoms with Crippen LogP contribution in [-0.4, -0.2) is 24.3 Å². The molecule has 3 heterocycles. The van der Waals surface area contributed by atoms with Crippen LogP contribution in [0.15, 0.2) is 36.4 Å². The first-order valence-corrected chi connectivity index (χ1v) is 8.77. The Morgan fingerprint density at radius 3 is 2.72 bits per heavy atom. The van der Waals surface area contributed by atoms with E-state index in [0.29, 0.717) is 13.2 Å². The second kappa shape index (κ2) is 5.70. The van der Waals surface area contributed by atoms with Gasteiger partial charge in [-0.1, -0.05) is 6.07 Å². The molecule has 2 N–H and O–H groups in total. The van der Waals surface area contributed by atoms with Crippen molar-refractivity contribution in [2.45, 2.75) is 13.0 Å². The Hall–Kier alpha value is -2.66. The first-order chi connectivity index (χ1) is 12.3. The number of aromatic nitrogens is 1. The molecule has 5 heteroatoms. The number of rotatable bonds is 2. The lowest BCUT2D eigenvalue weighted by molar-refractivity contribution is 0.171. The summed E-state index contributed by atoms with van der Waals surface area (Å²) in [6, 6.07) is 12.6. The molecule has 0 fully saturated rings. The maximum absolute atomic E-state index is 5.67. The van der Waals surface area contributed by atoms with E-state index in [2.05, 4.69) is 40.4 Å². The Kier molecular flexibility index (Phi) is 3.35. The minimum absolute atomic E-state index is 0.603. The molecule has 1 aromatic heterocycles. The number of benzene rings is 2. The van der Waals surface area contributed by atoms with E-state index in [9.17, 15) is 0 Å². The molecule has 0 saturated carbocycles. The van der Waals surface area contributed by atoms with Gasteiger partial charge in [0.2, 0.25) is 0 Å². The molecular formula is C20H21N3O2. The molecule has 0 unspecified atom stereocenters. The summed E-state index contributed by atoms with van der Waals surface area (Å²) >= 11 is 0. The topological polar surface area (TPSA) is 47.5 Å². The van der Waals surface area contributed by atoms with Gasteiger partial charge in [0, 0.05) is 55.1 Å². The zero-order chi connectivity index (χ0) is 16.8. The normalized spacial score (nSPS) is 15.9. The molecule has 3 aromatic rings. The molecule has 0 amide bonds. The van der Waals surface area contributed by atoms with Crippen molar-refractivity contribution in [3.63, 3.8) is 0 Å². The molecule has 2 aliphatic heterocycles. The summed E-state index contributed by atoms with van der Waals surface area (Å²) in [7, 11) is 2.17. The quantitative estimate of drug-likeness (QED) is 0.754. The van der Waals surface area contributed by atoms with Crippen LogP contribution in [0.4, 0.5) is 11.4 Å². The van der Waals surface area contributed by atoms with Gasteiger partial charge >= 0.3 is 0 Å². The summed E-state index contributed by atoms with van der Waals surface area (Å²) in [5, 5.41) is 8.31. The molecule has 0 atom stereocenters. The molecule has 2 aliphatic rings. The predicted molar refractivity (Wildman–Crippen MR) is 99.0 cm³/mol. The van der Waals surface area contributed by atoms with Crippen molar-refractivity contribution in [1.82, 2.24) is 9.88 Å². The van der Waals surface area contributed by atoms with Crippen molar-refractivity contribution in [3.05, 3.63) is 47.7 Å². The lowest BCUT2D eigenvalue weighted by Gasteiger charge is -2.19. The van der Waals surface area contributed by atoms with Gasteiger partial charge in [0.05, 0.1) is 5.52 Å². The van der Waals surface area contributed by atoms with Crippen molar-refractivity contribution < 1.29 is 9.47 Å². The first kappa shape index (κ1) is 14.7. The van der Waals surface area contributed by atoms with E-state index in [1.54, 1.807) is 0 Å². The van der Waals surface area contributed by atoms with Gasteiger partial charge in [0.25, 0.3) is 0 Å². The fraction of sp³-hybridized carbons (Fsp3) is 0.300. The molecule has 128 valence electrons. The second-order valence-corrected chi connectivity index (χ2v) is 6.63. The molecule has 0 radical (unpaired) electrons. The number of hydrogen-bond donors (Lipinski definition) is 2. The number of fused-ring (bicyclic) bond motifs is 4. The lowest BCUT2D eigenvalue weighted by atomic mass is 10.1. The van der Waals surface area contributed by atoms with Crippen molar-refractivity contribution in [1.29, 1.82) is 0 Å². The van der Waals surface area contributed by atoms with Crippen molar-refractivity contribution in [3.8, 4) is 11.5 Å². The van der Waals surface area contributed by atoms with Gasteiger partial charge in [-0.25, -0.2) is 0 Å². The van der Waals surface area contributed by atoms with Crippen LogP contribution in [0.2, 0.25) is 0 Å². The highest BCUT2D eigenvalue weighted by Crippen LogP contribution is 2.35. The highest BCUT2D eigenvalue weighted by atomic mass is 16.6. The summed E-state index contributed by atoms with van der Waals surface area (Å²) in [5.74, 6) is 1.62. The summed E-state index contributed by atoms with van der Waals surface area (Å²) < 4.78 is 13.6.